The average molecular weight is 389 g/mol. The van der Waals surface area contributed by atoms with Crippen LogP contribution in [0.1, 0.15) is 36.4 Å². The molecule has 1 amide bonds. The molecule has 0 bridgehead atoms. The second-order valence-electron chi connectivity index (χ2n) is 7.70. The topological polar surface area (TPSA) is 58.4 Å². The van der Waals surface area contributed by atoms with Crippen LogP contribution in [-0.2, 0) is 11.2 Å². The Hall–Kier alpha value is -2.92. The first-order chi connectivity index (χ1) is 14.1. The number of aromatic nitrogens is 1. The number of carbonyl (C=O) groups excluding carboxylic acids is 1. The van der Waals surface area contributed by atoms with Crippen molar-refractivity contribution in [3.8, 4) is 11.5 Å². The van der Waals surface area contributed by atoms with E-state index in [1.165, 1.54) is 5.56 Å². The lowest BCUT2D eigenvalue weighted by Gasteiger charge is -2.24. The van der Waals surface area contributed by atoms with E-state index in [0.29, 0.717) is 23.4 Å². The molecule has 3 aromatic rings. The highest BCUT2D eigenvalue weighted by Crippen LogP contribution is 2.25. The Morgan fingerprint density at radius 3 is 2.59 bits per heavy atom. The maximum absolute atomic E-state index is 12.6. The summed E-state index contributed by atoms with van der Waals surface area (Å²) in [5, 5.41) is 3.18. The molecule has 1 aliphatic rings. The molecule has 1 saturated heterocycles. The highest BCUT2D eigenvalue weighted by atomic mass is 16.4. The summed E-state index contributed by atoms with van der Waals surface area (Å²) >= 11 is 0. The van der Waals surface area contributed by atoms with Gasteiger partial charge in [0.2, 0.25) is 11.8 Å². The SMILES string of the molecule is Cc1oc(-c2ccccc2)nc1CC(=O)NC1CCN(C(C)c2ccccc2)C1. The normalized spacial score (nSPS) is 17.9. The molecule has 2 aromatic carbocycles. The van der Waals surface area contributed by atoms with Crippen LogP contribution in [0.4, 0.5) is 0 Å². The predicted molar refractivity (Wildman–Crippen MR) is 113 cm³/mol. The molecule has 5 heteroatoms. The summed E-state index contributed by atoms with van der Waals surface area (Å²) < 4.78 is 5.77. The Kier molecular flexibility index (Phi) is 5.76. The maximum atomic E-state index is 12.6. The van der Waals surface area contributed by atoms with Crippen molar-refractivity contribution in [1.82, 2.24) is 15.2 Å². The molecule has 150 valence electrons. The lowest BCUT2D eigenvalue weighted by molar-refractivity contribution is -0.121. The summed E-state index contributed by atoms with van der Waals surface area (Å²) in [6.07, 6.45) is 1.21. The zero-order chi connectivity index (χ0) is 20.2. The number of aryl methyl sites for hydroxylation is 1. The molecule has 2 atom stereocenters. The van der Waals surface area contributed by atoms with Gasteiger partial charge in [0, 0.05) is 30.7 Å². The molecule has 1 N–H and O–H groups in total. The number of hydrogen-bond donors (Lipinski definition) is 1. The van der Waals surface area contributed by atoms with Crippen molar-refractivity contribution in [2.45, 2.75) is 38.8 Å². The minimum atomic E-state index is 0.000209. The first-order valence-electron chi connectivity index (χ1n) is 10.2. The Morgan fingerprint density at radius 2 is 1.86 bits per heavy atom. The molecule has 0 saturated carbocycles. The number of rotatable bonds is 6. The predicted octanol–water partition coefficient (Wildman–Crippen LogP) is 4.14. The largest absolute Gasteiger partial charge is 0.441 e. The average Bonchev–Trinajstić information content (AvgIpc) is 3.35. The Labute approximate surface area is 171 Å². The zero-order valence-corrected chi connectivity index (χ0v) is 17.0. The van der Waals surface area contributed by atoms with Gasteiger partial charge >= 0.3 is 0 Å². The van der Waals surface area contributed by atoms with Gasteiger partial charge in [0.25, 0.3) is 0 Å². The van der Waals surface area contributed by atoms with E-state index >= 15 is 0 Å². The molecular formula is C24H27N3O2. The summed E-state index contributed by atoms with van der Waals surface area (Å²) in [7, 11) is 0. The number of carbonyl (C=O) groups is 1. The summed E-state index contributed by atoms with van der Waals surface area (Å²) in [6, 6.07) is 20.8. The summed E-state index contributed by atoms with van der Waals surface area (Å²) in [5.74, 6) is 1.26. The summed E-state index contributed by atoms with van der Waals surface area (Å²) in [5.41, 5.74) is 2.93. The zero-order valence-electron chi connectivity index (χ0n) is 17.0. The van der Waals surface area contributed by atoms with Crippen LogP contribution in [0.5, 0.6) is 0 Å². The smallest absolute Gasteiger partial charge is 0.226 e. The minimum absolute atomic E-state index is 0.000209. The standard InChI is InChI=1S/C24H27N3O2/c1-17(19-9-5-3-6-10-19)27-14-13-21(16-27)25-23(28)15-22-18(2)29-24(26-22)20-11-7-4-8-12-20/h3-12,17,21H,13-16H2,1-2H3,(H,25,28). The monoisotopic (exact) mass is 389 g/mol. The third-order valence-corrected chi connectivity index (χ3v) is 5.66. The van der Waals surface area contributed by atoms with Crippen LogP contribution >= 0.6 is 0 Å². The molecule has 0 radical (unpaired) electrons. The van der Waals surface area contributed by atoms with Crippen LogP contribution in [0.2, 0.25) is 0 Å². The van der Waals surface area contributed by atoms with E-state index in [0.717, 1.165) is 25.1 Å². The van der Waals surface area contributed by atoms with E-state index in [-0.39, 0.29) is 18.4 Å². The van der Waals surface area contributed by atoms with E-state index in [4.69, 9.17) is 4.42 Å². The van der Waals surface area contributed by atoms with Gasteiger partial charge in [-0.05, 0) is 38.0 Å². The third kappa shape index (κ3) is 4.57. The number of nitrogens with zero attached hydrogens (tertiary/aromatic N) is 2. The molecule has 4 rings (SSSR count). The van der Waals surface area contributed by atoms with Gasteiger partial charge in [0.15, 0.2) is 0 Å². The molecule has 0 spiro atoms. The summed E-state index contributed by atoms with van der Waals surface area (Å²) in [4.78, 5) is 19.6. The van der Waals surface area contributed by atoms with E-state index in [9.17, 15) is 4.79 Å². The van der Waals surface area contributed by atoms with Gasteiger partial charge in [0.1, 0.15) is 5.76 Å². The molecule has 1 aliphatic heterocycles. The minimum Gasteiger partial charge on any atom is -0.441 e. The molecule has 1 aromatic heterocycles. The van der Waals surface area contributed by atoms with Gasteiger partial charge in [-0.15, -0.1) is 0 Å². The molecule has 2 unspecified atom stereocenters. The van der Waals surface area contributed by atoms with Crippen LogP contribution in [0.25, 0.3) is 11.5 Å². The number of amides is 1. The fourth-order valence-corrected chi connectivity index (χ4v) is 3.93. The highest BCUT2D eigenvalue weighted by molar-refractivity contribution is 5.78. The lowest BCUT2D eigenvalue weighted by atomic mass is 10.1. The van der Waals surface area contributed by atoms with Gasteiger partial charge in [-0.2, -0.15) is 0 Å². The third-order valence-electron chi connectivity index (χ3n) is 5.66. The van der Waals surface area contributed by atoms with Crippen molar-refractivity contribution in [1.29, 1.82) is 0 Å². The van der Waals surface area contributed by atoms with Crippen LogP contribution in [0.3, 0.4) is 0 Å². The van der Waals surface area contributed by atoms with Crippen molar-refractivity contribution in [2.75, 3.05) is 13.1 Å². The second-order valence-corrected chi connectivity index (χ2v) is 7.70. The van der Waals surface area contributed by atoms with Crippen molar-refractivity contribution >= 4 is 5.91 Å². The van der Waals surface area contributed by atoms with Gasteiger partial charge in [-0.25, -0.2) is 4.98 Å². The van der Waals surface area contributed by atoms with E-state index in [1.807, 2.05) is 43.3 Å². The number of nitrogens with one attached hydrogen (secondary N) is 1. The van der Waals surface area contributed by atoms with Crippen molar-refractivity contribution < 1.29 is 9.21 Å². The fourth-order valence-electron chi connectivity index (χ4n) is 3.93. The molecule has 5 nitrogen and oxygen atoms in total. The first kappa shape index (κ1) is 19.4. The maximum Gasteiger partial charge on any atom is 0.226 e. The molecular weight excluding hydrogens is 362 g/mol. The van der Waals surface area contributed by atoms with E-state index in [1.54, 1.807) is 0 Å². The van der Waals surface area contributed by atoms with Crippen molar-refractivity contribution in [2.24, 2.45) is 0 Å². The van der Waals surface area contributed by atoms with Crippen LogP contribution in [-0.4, -0.2) is 34.9 Å². The molecule has 1 fully saturated rings. The van der Waals surface area contributed by atoms with E-state index < -0.39 is 0 Å². The Bertz CT molecular complexity index is 953. The van der Waals surface area contributed by atoms with Gasteiger partial charge < -0.3 is 9.73 Å². The first-order valence-corrected chi connectivity index (χ1v) is 10.2. The van der Waals surface area contributed by atoms with Crippen molar-refractivity contribution in [3.05, 3.63) is 77.7 Å². The molecule has 29 heavy (non-hydrogen) atoms. The van der Waals surface area contributed by atoms with Gasteiger partial charge in [0.05, 0.1) is 12.1 Å². The van der Waals surface area contributed by atoms with Gasteiger partial charge in [-0.3, -0.25) is 9.69 Å². The summed E-state index contributed by atoms with van der Waals surface area (Å²) in [6.45, 7) is 5.95. The van der Waals surface area contributed by atoms with Crippen LogP contribution in [0, 0.1) is 6.92 Å². The fraction of sp³-hybridized carbons (Fsp3) is 0.333. The van der Waals surface area contributed by atoms with E-state index in [2.05, 4.69) is 46.4 Å². The Balaban J connectivity index is 1.33. The number of hydrogen-bond acceptors (Lipinski definition) is 4. The number of benzene rings is 2. The molecule has 2 heterocycles. The number of oxazole rings is 1. The molecule has 0 aliphatic carbocycles. The van der Waals surface area contributed by atoms with Crippen molar-refractivity contribution in [3.63, 3.8) is 0 Å². The Morgan fingerprint density at radius 1 is 1.17 bits per heavy atom. The van der Waals surface area contributed by atoms with Gasteiger partial charge in [-0.1, -0.05) is 48.5 Å². The highest BCUT2D eigenvalue weighted by Gasteiger charge is 2.28. The van der Waals surface area contributed by atoms with Crippen LogP contribution < -0.4 is 5.32 Å². The van der Waals surface area contributed by atoms with Crippen LogP contribution in [0.15, 0.2) is 65.1 Å². The second kappa shape index (κ2) is 8.62. The number of likely N-dealkylation sites (tertiary alicyclic amines) is 1. The quantitative estimate of drug-likeness (QED) is 0.688. The lowest BCUT2D eigenvalue weighted by Crippen LogP contribution is -2.38.